The number of amides is 1. The second-order valence-corrected chi connectivity index (χ2v) is 6.21. The Morgan fingerprint density at radius 1 is 1.04 bits per heavy atom. The normalized spacial score (nSPS) is 12.7. The Morgan fingerprint density at radius 3 is 2.04 bits per heavy atom. The van der Waals surface area contributed by atoms with Crippen molar-refractivity contribution in [3.63, 3.8) is 0 Å². The van der Waals surface area contributed by atoms with Crippen LogP contribution in [-0.2, 0) is 6.18 Å². The molecule has 0 aliphatic carbocycles. The molecular formula is C16H23F3N4O. The van der Waals surface area contributed by atoms with Crippen molar-refractivity contribution in [3.8, 4) is 0 Å². The third-order valence-corrected chi connectivity index (χ3v) is 2.89. The Bertz CT molecular complexity index is 574. The molecule has 134 valence electrons. The van der Waals surface area contributed by atoms with E-state index >= 15 is 0 Å². The molecule has 5 nitrogen and oxygen atoms in total. The number of nitrogens with one attached hydrogen (secondary N) is 3. The van der Waals surface area contributed by atoms with Crippen molar-refractivity contribution >= 4 is 11.9 Å². The van der Waals surface area contributed by atoms with Gasteiger partial charge in [0.25, 0.3) is 5.91 Å². The molecule has 0 spiro atoms. The first kappa shape index (κ1) is 19.8. The number of carbonyl (C=O) groups is 1. The monoisotopic (exact) mass is 344 g/mol. The van der Waals surface area contributed by atoms with Crippen LogP contribution in [0.4, 0.5) is 13.2 Å². The van der Waals surface area contributed by atoms with Crippen molar-refractivity contribution < 1.29 is 18.0 Å². The van der Waals surface area contributed by atoms with E-state index in [1.165, 1.54) is 0 Å². The molecule has 0 aliphatic heterocycles. The lowest BCUT2D eigenvalue weighted by atomic mass is 10.1. The summed E-state index contributed by atoms with van der Waals surface area (Å²) < 4.78 is 37.4. The minimum atomic E-state index is -4.41. The Kier molecular flexibility index (Phi) is 6.62. The third kappa shape index (κ3) is 6.89. The van der Waals surface area contributed by atoms with Gasteiger partial charge in [0, 0.05) is 31.2 Å². The van der Waals surface area contributed by atoms with Crippen LogP contribution in [0.25, 0.3) is 0 Å². The topological polar surface area (TPSA) is 65.5 Å². The van der Waals surface area contributed by atoms with Gasteiger partial charge in [-0.1, -0.05) is 0 Å². The number of carbonyl (C=O) groups excluding carboxylic acids is 1. The summed E-state index contributed by atoms with van der Waals surface area (Å²) in [6.07, 6.45) is -4.41. The van der Waals surface area contributed by atoms with Gasteiger partial charge in [-0.15, -0.1) is 0 Å². The van der Waals surface area contributed by atoms with Crippen LogP contribution in [0.3, 0.4) is 0 Å². The lowest BCUT2D eigenvalue weighted by molar-refractivity contribution is -0.137. The summed E-state index contributed by atoms with van der Waals surface area (Å²) in [6.45, 7) is 6.72. The van der Waals surface area contributed by atoms with Gasteiger partial charge in [-0.05, 0) is 45.0 Å². The standard InChI is InChI=1S/C16H23F3N4O/c1-15(2,3)23-14(20-4)22-10-9-21-13(24)11-5-7-12(8-6-11)16(17,18)19/h5-8H,9-10H2,1-4H3,(H,21,24)(H2,20,22,23). The number of benzene rings is 1. The highest BCUT2D eigenvalue weighted by Gasteiger charge is 2.30. The van der Waals surface area contributed by atoms with Crippen molar-refractivity contribution in [2.75, 3.05) is 20.1 Å². The molecule has 0 saturated heterocycles. The number of halogens is 3. The second-order valence-electron chi connectivity index (χ2n) is 6.21. The van der Waals surface area contributed by atoms with Gasteiger partial charge >= 0.3 is 6.18 Å². The Morgan fingerprint density at radius 2 is 1.58 bits per heavy atom. The SMILES string of the molecule is CN=C(NCCNC(=O)c1ccc(C(F)(F)F)cc1)NC(C)(C)C. The molecule has 0 bridgehead atoms. The summed E-state index contributed by atoms with van der Waals surface area (Å²) in [7, 11) is 1.64. The van der Waals surface area contributed by atoms with Gasteiger partial charge in [0.1, 0.15) is 0 Å². The molecule has 0 radical (unpaired) electrons. The van der Waals surface area contributed by atoms with Gasteiger partial charge < -0.3 is 16.0 Å². The fourth-order valence-electron chi connectivity index (χ4n) is 1.80. The van der Waals surface area contributed by atoms with E-state index in [4.69, 9.17) is 0 Å². The number of nitrogens with zero attached hydrogens (tertiary/aromatic N) is 1. The Balaban J connectivity index is 2.44. The number of guanidine groups is 1. The maximum atomic E-state index is 12.5. The van der Waals surface area contributed by atoms with Gasteiger partial charge in [0.15, 0.2) is 5.96 Å². The number of aliphatic imine (C=N–C) groups is 1. The van der Waals surface area contributed by atoms with Crippen molar-refractivity contribution in [2.45, 2.75) is 32.5 Å². The number of hydrogen-bond donors (Lipinski definition) is 3. The van der Waals surface area contributed by atoms with Crippen LogP contribution in [0.1, 0.15) is 36.7 Å². The fourth-order valence-corrected chi connectivity index (χ4v) is 1.80. The summed E-state index contributed by atoms with van der Waals surface area (Å²) in [5.41, 5.74) is -0.747. The minimum absolute atomic E-state index is 0.147. The molecule has 1 aromatic rings. The van der Waals surface area contributed by atoms with Gasteiger partial charge in [0.05, 0.1) is 5.56 Å². The number of rotatable bonds is 4. The summed E-state index contributed by atoms with van der Waals surface area (Å²) in [6, 6.07) is 4.10. The lowest BCUT2D eigenvalue weighted by Gasteiger charge is -2.23. The predicted octanol–water partition coefficient (Wildman–Crippen LogP) is 2.40. The quantitative estimate of drug-likeness (QED) is 0.446. The molecule has 0 atom stereocenters. The van der Waals surface area contributed by atoms with Gasteiger partial charge in [-0.3, -0.25) is 9.79 Å². The zero-order valence-corrected chi connectivity index (χ0v) is 14.2. The average molecular weight is 344 g/mol. The molecule has 1 aromatic carbocycles. The van der Waals surface area contributed by atoms with Crippen molar-refractivity contribution in [3.05, 3.63) is 35.4 Å². The van der Waals surface area contributed by atoms with E-state index in [0.29, 0.717) is 19.0 Å². The summed E-state index contributed by atoms with van der Waals surface area (Å²) in [5, 5.41) is 8.84. The predicted molar refractivity (Wildman–Crippen MR) is 88.0 cm³/mol. The van der Waals surface area contributed by atoms with Gasteiger partial charge in [0.2, 0.25) is 0 Å². The molecule has 1 rings (SSSR count). The van der Waals surface area contributed by atoms with Gasteiger partial charge in [-0.25, -0.2) is 0 Å². The van der Waals surface area contributed by atoms with E-state index in [2.05, 4.69) is 20.9 Å². The van der Waals surface area contributed by atoms with E-state index in [1.54, 1.807) is 7.05 Å². The molecule has 1 amide bonds. The summed E-state index contributed by atoms with van der Waals surface area (Å²) in [5.74, 6) is 0.176. The van der Waals surface area contributed by atoms with Crippen molar-refractivity contribution in [1.29, 1.82) is 0 Å². The second kappa shape index (κ2) is 8.03. The van der Waals surface area contributed by atoms with Crippen LogP contribution in [0.5, 0.6) is 0 Å². The van der Waals surface area contributed by atoms with E-state index in [0.717, 1.165) is 24.3 Å². The molecule has 0 aliphatic rings. The highest BCUT2D eigenvalue weighted by molar-refractivity contribution is 5.94. The third-order valence-electron chi connectivity index (χ3n) is 2.89. The molecule has 0 heterocycles. The van der Waals surface area contributed by atoms with Crippen LogP contribution in [-0.4, -0.2) is 37.5 Å². The zero-order chi connectivity index (χ0) is 18.4. The lowest BCUT2D eigenvalue weighted by Crippen LogP contribution is -2.49. The highest BCUT2D eigenvalue weighted by atomic mass is 19.4. The molecule has 0 fully saturated rings. The van der Waals surface area contributed by atoms with E-state index in [9.17, 15) is 18.0 Å². The van der Waals surface area contributed by atoms with Crippen molar-refractivity contribution in [2.24, 2.45) is 4.99 Å². The summed E-state index contributed by atoms with van der Waals surface area (Å²) in [4.78, 5) is 15.9. The smallest absolute Gasteiger partial charge is 0.355 e. The van der Waals surface area contributed by atoms with Crippen LogP contribution in [0.15, 0.2) is 29.3 Å². The van der Waals surface area contributed by atoms with E-state index < -0.39 is 17.6 Å². The largest absolute Gasteiger partial charge is 0.416 e. The first-order valence-corrected chi connectivity index (χ1v) is 7.47. The molecule has 3 N–H and O–H groups in total. The molecule has 24 heavy (non-hydrogen) atoms. The number of alkyl halides is 3. The zero-order valence-electron chi connectivity index (χ0n) is 14.2. The van der Waals surface area contributed by atoms with Crippen LogP contribution in [0.2, 0.25) is 0 Å². The van der Waals surface area contributed by atoms with Crippen LogP contribution >= 0.6 is 0 Å². The van der Waals surface area contributed by atoms with E-state index in [-0.39, 0.29) is 11.1 Å². The van der Waals surface area contributed by atoms with Crippen LogP contribution in [0, 0.1) is 0 Å². The maximum Gasteiger partial charge on any atom is 0.416 e. The Labute approximate surface area is 139 Å². The molecular weight excluding hydrogens is 321 g/mol. The van der Waals surface area contributed by atoms with Crippen molar-refractivity contribution in [1.82, 2.24) is 16.0 Å². The average Bonchev–Trinajstić information content (AvgIpc) is 2.48. The van der Waals surface area contributed by atoms with E-state index in [1.807, 2.05) is 20.8 Å². The van der Waals surface area contributed by atoms with Gasteiger partial charge in [-0.2, -0.15) is 13.2 Å². The molecule has 0 unspecified atom stereocenters. The first-order chi connectivity index (χ1) is 11.0. The van der Waals surface area contributed by atoms with Crippen LogP contribution < -0.4 is 16.0 Å². The Hall–Kier alpha value is -2.25. The highest BCUT2D eigenvalue weighted by Crippen LogP contribution is 2.28. The maximum absolute atomic E-state index is 12.5. The first-order valence-electron chi connectivity index (χ1n) is 7.47. The fraction of sp³-hybridized carbons (Fsp3) is 0.500. The minimum Gasteiger partial charge on any atom is -0.355 e. The number of hydrogen-bond acceptors (Lipinski definition) is 2. The molecule has 0 saturated carbocycles. The molecule has 0 aromatic heterocycles. The molecule has 8 heteroatoms. The summed E-state index contributed by atoms with van der Waals surface area (Å²) >= 11 is 0.